The second-order valence-corrected chi connectivity index (χ2v) is 2.11. The monoisotopic (exact) mass is 134 g/mol. The van der Waals surface area contributed by atoms with Crippen molar-refractivity contribution in [2.24, 2.45) is 0 Å². The normalized spacial score (nSPS) is 10.5. The highest BCUT2D eigenvalue weighted by atomic mass is 15.3. The van der Waals surface area contributed by atoms with Gasteiger partial charge in [-0.05, 0) is 18.6 Å². The molecule has 2 heterocycles. The first-order valence-electron chi connectivity index (χ1n) is 2.99. The van der Waals surface area contributed by atoms with Crippen molar-refractivity contribution in [3.05, 3.63) is 24.2 Å². The number of nitrogens with zero attached hydrogens (tertiary/aromatic N) is 4. The van der Waals surface area contributed by atoms with Crippen LogP contribution in [0.4, 0.5) is 0 Å². The quantitative estimate of drug-likeness (QED) is 0.524. The molecule has 0 aliphatic carbocycles. The van der Waals surface area contributed by atoms with Gasteiger partial charge in [0.1, 0.15) is 6.33 Å². The Hall–Kier alpha value is -1.45. The summed E-state index contributed by atoms with van der Waals surface area (Å²) in [4.78, 5) is 0. The van der Waals surface area contributed by atoms with Gasteiger partial charge in [-0.25, -0.2) is 4.52 Å². The van der Waals surface area contributed by atoms with E-state index in [1.165, 1.54) is 0 Å². The number of aryl methyl sites for hydroxylation is 1. The van der Waals surface area contributed by atoms with E-state index in [-0.39, 0.29) is 0 Å². The second kappa shape index (κ2) is 1.76. The Morgan fingerprint density at radius 1 is 1.50 bits per heavy atom. The molecule has 0 fully saturated rings. The second-order valence-electron chi connectivity index (χ2n) is 2.11. The topological polar surface area (TPSA) is 43.1 Å². The summed E-state index contributed by atoms with van der Waals surface area (Å²) in [6.07, 6.45) is 3.31. The molecule has 10 heavy (non-hydrogen) atoms. The van der Waals surface area contributed by atoms with Crippen molar-refractivity contribution in [2.75, 3.05) is 0 Å². The van der Waals surface area contributed by atoms with Gasteiger partial charge in [-0.1, -0.05) is 0 Å². The van der Waals surface area contributed by atoms with Crippen LogP contribution in [0, 0.1) is 6.92 Å². The van der Waals surface area contributed by atoms with Crippen LogP contribution in [0.5, 0.6) is 0 Å². The first-order chi connectivity index (χ1) is 4.88. The maximum atomic E-state index is 3.99. The molecule has 4 nitrogen and oxygen atoms in total. The van der Waals surface area contributed by atoms with Crippen LogP contribution < -0.4 is 0 Å². The average molecular weight is 134 g/mol. The van der Waals surface area contributed by atoms with Crippen molar-refractivity contribution in [3.63, 3.8) is 0 Å². The minimum absolute atomic E-state index is 0.822. The zero-order chi connectivity index (χ0) is 6.97. The Balaban J connectivity index is 2.95. The van der Waals surface area contributed by atoms with Crippen molar-refractivity contribution in [2.45, 2.75) is 6.92 Å². The van der Waals surface area contributed by atoms with E-state index < -0.39 is 0 Å². The van der Waals surface area contributed by atoms with E-state index in [2.05, 4.69) is 15.3 Å². The van der Waals surface area contributed by atoms with Gasteiger partial charge >= 0.3 is 0 Å². The van der Waals surface area contributed by atoms with Gasteiger partial charge < -0.3 is 0 Å². The highest BCUT2D eigenvalue weighted by Gasteiger charge is 1.96. The summed E-state index contributed by atoms with van der Waals surface area (Å²) in [5, 5.41) is 11.6. The zero-order valence-electron chi connectivity index (χ0n) is 5.52. The van der Waals surface area contributed by atoms with Crippen LogP contribution >= 0.6 is 0 Å². The molecule has 0 radical (unpaired) electrons. The van der Waals surface area contributed by atoms with Gasteiger partial charge in [0, 0.05) is 6.20 Å². The first kappa shape index (κ1) is 5.34. The molecule has 0 aromatic carbocycles. The molecule has 4 heteroatoms. The SMILES string of the molecule is Cc1ccnn2cnnc12. The average Bonchev–Trinajstić information content (AvgIpc) is 2.36. The predicted octanol–water partition coefficient (Wildman–Crippen LogP) is 0.433. The van der Waals surface area contributed by atoms with Gasteiger partial charge in [-0.3, -0.25) is 0 Å². The summed E-state index contributed by atoms with van der Waals surface area (Å²) in [6.45, 7) is 1.98. The fourth-order valence-electron chi connectivity index (χ4n) is 0.865. The lowest BCUT2D eigenvalue weighted by atomic mass is 10.3. The summed E-state index contributed by atoms with van der Waals surface area (Å²) in [5.41, 5.74) is 1.91. The van der Waals surface area contributed by atoms with E-state index in [4.69, 9.17) is 0 Å². The van der Waals surface area contributed by atoms with Gasteiger partial charge in [0.25, 0.3) is 0 Å². The van der Waals surface area contributed by atoms with E-state index in [0.29, 0.717) is 0 Å². The molecule has 2 aromatic heterocycles. The molecule has 50 valence electrons. The zero-order valence-corrected chi connectivity index (χ0v) is 5.52. The first-order valence-corrected chi connectivity index (χ1v) is 2.99. The van der Waals surface area contributed by atoms with E-state index in [0.717, 1.165) is 11.2 Å². The summed E-state index contributed by atoms with van der Waals surface area (Å²) in [6, 6.07) is 1.91. The van der Waals surface area contributed by atoms with E-state index in [9.17, 15) is 0 Å². The van der Waals surface area contributed by atoms with Gasteiger partial charge in [0.05, 0.1) is 0 Å². The van der Waals surface area contributed by atoms with Crippen molar-refractivity contribution >= 4 is 5.65 Å². The Kier molecular flexibility index (Phi) is 0.943. The minimum atomic E-state index is 0.822. The smallest absolute Gasteiger partial charge is 0.180 e. The van der Waals surface area contributed by atoms with Gasteiger partial charge in [-0.15, -0.1) is 10.2 Å². The molecule has 0 spiro atoms. The van der Waals surface area contributed by atoms with Crippen LogP contribution in [0.1, 0.15) is 5.56 Å². The molecular formula is C6H6N4. The van der Waals surface area contributed by atoms with E-state index in [1.54, 1.807) is 17.0 Å². The lowest BCUT2D eigenvalue weighted by Gasteiger charge is -1.91. The van der Waals surface area contributed by atoms with Crippen molar-refractivity contribution in [1.29, 1.82) is 0 Å². The lowest BCUT2D eigenvalue weighted by Crippen LogP contribution is -1.90. The molecule has 2 aromatic rings. The maximum absolute atomic E-state index is 3.99. The molecule has 0 unspecified atom stereocenters. The van der Waals surface area contributed by atoms with Crippen molar-refractivity contribution in [1.82, 2.24) is 19.8 Å². The van der Waals surface area contributed by atoms with E-state index in [1.807, 2.05) is 13.0 Å². The molecule has 0 amide bonds. The summed E-state index contributed by atoms with van der Waals surface area (Å²) in [5.74, 6) is 0. The van der Waals surface area contributed by atoms with Gasteiger partial charge in [0.15, 0.2) is 5.65 Å². The van der Waals surface area contributed by atoms with Crippen LogP contribution in [-0.2, 0) is 0 Å². The van der Waals surface area contributed by atoms with E-state index >= 15 is 0 Å². The fourth-order valence-corrected chi connectivity index (χ4v) is 0.865. The predicted molar refractivity (Wildman–Crippen MR) is 35.5 cm³/mol. The van der Waals surface area contributed by atoms with Crippen LogP contribution in [0.3, 0.4) is 0 Å². The molecule has 0 N–H and O–H groups in total. The third kappa shape index (κ3) is 0.586. The summed E-state index contributed by atoms with van der Waals surface area (Å²) in [7, 11) is 0. The lowest BCUT2D eigenvalue weighted by molar-refractivity contribution is 0.920. The van der Waals surface area contributed by atoms with Crippen molar-refractivity contribution < 1.29 is 0 Å². The molecule has 0 aliphatic heterocycles. The number of rotatable bonds is 0. The van der Waals surface area contributed by atoms with Crippen LogP contribution in [0.2, 0.25) is 0 Å². The molecule has 0 bridgehead atoms. The molecule has 0 aliphatic rings. The third-order valence-electron chi connectivity index (χ3n) is 1.40. The molecular weight excluding hydrogens is 128 g/mol. The molecule has 0 saturated carbocycles. The largest absolute Gasteiger partial charge is 0.200 e. The minimum Gasteiger partial charge on any atom is -0.200 e. The highest BCUT2D eigenvalue weighted by Crippen LogP contribution is 2.01. The Labute approximate surface area is 57.5 Å². The third-order valence-corrected chi connectivity index (χ3v) is 1.40. The summed E-state index contributed by atoms with van der Waals surface area (Å²) >= 11 is 0. The fraction of sp³-hybridized carbons (Fsp3) is 0.167. The van der Waals surface area contributed by atoms with Gasteiger partial charge in [0.2, 0.25) is 0 Å². The Morgan fingerprint density at radius 3 is 3.20 bits per heavy atom. The molecule has 0 saturated heterocycles. The maximum Gasteiger partial charge on any atom is 0.180 e. The van der Waals surface area contributed by atoms with Crippen LogP contribution in [0.25, 0.3) is 5.65 Å². The Bertz CT molecular complexity index is 351. The number of aromatic nitrogens is 4. The number of hydrogen-bond acceptors (Lipinski definition) is 3. The molecule has 0 atom stereocenters. The summed E-state index contributed by atoms with van der Waals surface area (Å²) < 4.78 is 1.65. The van der Waals surface area contributed by atoms with Crippen LogP contribution in [-0.4, -0.2) is 19.8 Å². The highest BCUT2D eigenvalue weighted by molar-refractivity contribution is 5.42. The van der Waals surface area contributed by atoms with Gasteiger partial charge in [-0.2, -0.15) is 5.10 Å². The molecule has 2 rings (SSSR count). The van der Waals surface area contributed by atoms with Crippen LogP contribution in [0.15, 0.2) is 18.6 Å². The van der Waals surface area contributed by atoms with Crippen molar-refractivity contribution in [3.8, 4) is 0 Å². The Morgan fingerprint density at radius 2 is 2.40 bits per heavy atom. The standard InChI is InChI=1S/C6H6N4/c1-5-2-3-8-10-4-7-9-6(5)10/h2-4H,1H3. The number of fused-ring (bicyclic) bond motifs is 1. The number of hydrogen-bond donors (Lipinski definition) is 0.